The monoisotopic (exact) mass is 453 g/mol. The number of carbonyl (C=O) groups is 1. The van der Waals surface area contributed by atoms with E-state index in [2.05, 4.69) is 22.2 Å². The fourth-order valence-corrected chi connectivity index (χ4v) is 5.24. The summed E-state index contributed by atoms with van der Waals surface area (Å²) in [6.07, 6.45) is 9.08. The first-order valence-electron chi connectivity index (χ1n) is 11.2. The van der Waals surface area contributed by atoms with Crippen LogP contribution in [0.15, 0.2) is 61.1 Å². The zero-order valence-electron chi connectivity index (χ0n) is 18.5. The van der Waals surface area contributed by atoms with Gasteiger partial charge in [0.25, 0.3) is 0 Å². The number of carbonyl (C=O) groups excluding carboxylic acids is 1. The average Bonchev–Trinajstić information content (AvgIpc) is 3.55. The highest BCUT2D eigenvalue weighted by molar-refractivity contribution is 7.84. The van der Waals surface area contributed by atoms with Gasteiger partial charge in [-0.1, -0.05) is 18.2 Å². The van der Waals surface area contributed by atoms with Gasteiger partial charge in [-0.05, 0) is 63.5 Å². The van der Waals surface area contributed by atoms with E-state index in [1.165, 1.54) is 12.8 Å². The van der Waals surface area contributed by atoms with Crippen LogP contribution >= 0.6 is 0 Å². The lowest BCUT2D eigenvalue weighted by atomic mass is 10.2. The Morgan fingerprint density at radius 2 is 1.84 bits per heavy atom. The first kappa shape index (κ1) is 22.5. The van der Waals surface area contributed by atoms with Gasteiger partial charge in [-0.2, -0.15) is 5.10 Å². The van der Waals surface area contributed by atoms with Crippen molar-refractivity contribution in [2.24, 2.45) is 0 Å². The smallest absolute Gasteiger partial charge is 0.232 e. The maximum absolute atomic E-state index is 12.8. The molecule has 1 aliphatic rings. The quantitative estimate of drug-likeness (QED) is 0.512. The number of hydrogen-bond donors (Lipinski definition) is 1. The normalized spacial score (nSPS) is 16.2. The van der Waals surface area contributed by atoms with Crippen molar-refractivity contribution >= 4 is 16.7 Å². The maximum atomic E-state index is 12.8. The third-order valence-corrected chi connectivity index (χ3v) is 7.14. The van der Waals surface area contributed by atoms with E-state index < -0.39 is 10.8 Å². The Kier molecular flexibility index (Phi) is 7.55. The summed E-state index contributed by atoms with van der Waals surface area (Å²) in [5, 5.41) is 7.48. The molecular weight excluding hydrogens is 422 g/mol. The second-order valence-electron chi connectivity index (χ2n) is 8.29. The van der Waals surface area contributed by atoms with Crippen molar-refractivity contribution in [2.75, 3.05) is 25.4 Å². The highest BCUT2D eigenvalue weighted by Gasteiger charge is 2.19. The van der Waals surface area contributed by atoms with Crippen LogP contribution in [0.3, 0.4) is 0 Å². The molecule has 4 rings (SSSR count). The highest BCUT2D eigenvalue weighted by atomic mass is 32.2. The number of nitrogens with zero attached hydrogens (tertiary/aromatic N) is 4. The Bertz CT molecular complexity index is 1030. The van der Waals surface area contributed by atoms with Crippen LogP contribution in [0, 0.1) is 0 Å². The molecule has 0 radical (unpaired) electrons. The van der Waals surface area contributed by atoms with Crippen molar-refractivity contribution in [1.82, 2.24) is 24.6 Å². The van der Waals surface area contributed by atoms with Crippen LogP contribution in [0.4, 0.5) is 0 Å². The van der Waals surface area contributed by atoms with E-state index in [9.17, 15) is 9.00 Å². The Morgan fingerprint density at radius 3 is 2.56 bits per heavy atom. The molecule has 1 aliphatic heterocycles. The largest absolute Gasteiger partial charge is 0.355 e. The lowest BCUT2D eigenvalue weighted by Gasteiger charge is -2.23. The van der Waals surface area contributed by atoms with Gasteiger partial charge in [-0.15, -0.1) is 0 Å². The number of benzene rings is 1. The molecular formula is C24H31N5O2S. The minimum atomic E-state index is -1.32. The third-order valence-electron chi connectivity index (χ3n) is 5.92. The van der Waals surface area contributed by atoms with E-state index in [1.807, 2.05) is 64.1 Å². The van der Waals surface area contributed by atoms with Gasteiger partial charge in [0.1, 0.15) is 11.6 Å². The molecule has 3 heterocycles. The van der Waals surface area contributed by atoms with Crippen LogP contribution in [0.1, 0.15) is 31.7 Å². The Balaban J connectivity index is 1.36. The molecule has 2 aromatic heterocycles. The fraction of sp³-hybridized carbons (Fsp3) is 0.417. The highest BCUT2D eigenvalue weighted by Crippen LogP contribution is 2.21. The Labute approximate surface area is 191 Å². The summed E-state index contributed by atoms with van der Waals surface area (Å²) in [5.41, 5.74) is 1.77. The molecule has 3 aromatic rings. The van der Waals surface area contributed by atoms with E-state index in [4.69, 9.17) is 0 Å². The summed E-state index contributed by atoms with van der Waals surface area (Å²) in [4.78, 5) is 14.8. The molecule has 1 N–H and O–H groups in total. The first-order valence-corrected chi connectivity index (χ1v) is 12.7. The number of rotatable bonds is 10. The molecule has 8 heteroatoms. The number of para-hydroxylation sites is 1. The van der Waals surface area contributed by atoms with E-state index in [0.29, 0.717) is 12.6 Å². The zero-order chi connectivity index (χ0) is 22.3. The zero-order valence-corrected chi connectivity index (χ0v) is 19.3. The van der Waals surface area contributed by atoms with Crippen molar-refractivity contribution in [3.63, 3.8) is 0 Å². The molecule has 1 amide bonds. The lowest BCUT2D eigenvalue weighted by molar-refractivity contribution is -0.118. The molecule has 0 spiro atoms. The van der Waals surface area contributed by atoms with Crippen molar-refractivity contribution in [3.8, 4) is 11.5 Å². The predicted molar refractivity (Wildman–Crippen MR) is 128 cm³/mol. The first-order chi connectivity index (χ1) is 15.6. The number of likely N-dealkylation sites (tertiary alicyclic amines) is 1. The van der Waals surface area contributed by atoms with Crippen molar-refractivity contribution in [2.45, 2.75) is 38.0 Å². The summed E-state index contributed by atoms with van der Waals surface area (Å²) in [6, 6.07) is 14.2. The van der Waals surface area contributed by atoms with E-state index in [1.54, 1.807) is 6.20 Å². The summed E-state index contributed by atoms with van der Waals surface area (Å²) >= 11 is 0. The number of amides is 1. The molecule has 0 bridgehead atoms. The maximum Gasteiger partial charge on any atom is 0.232 e. The summed E-state index contributed by atoms with van der Waals surface area (Å²) < 4.78 is 16.6. The molecule has 7 nitrogen and oxygen atoms in total. The van der Waals surface area contributed by atoms with E-state index in [0.717, 1.165) is 36.6 Å². The van der Waals surface area contributed by atoms with E-state index in [-0.39, 0.29) is 17.4 Å². The molecule has 170 valence electrons. The van der Waals surface area contributed by atoms with Crippen molar-refractivity contribution in [3.05, 3.63) is 66.6 Å². The fourth-order valence-electron chi connectivity index (χ4n) is 4.19. The molecule has 0 aliphatic carbocycles. The van der Waals surface area contributed by atoms with Gasteiger partial charge < -0.3 is 14.8 Å². The van der Waals surface area contributed by atoms with Gasteiger partial charge in [-0.3, -0.25) is 9.00 Å². The van der Waals surface area contributed by atoms with Gasteiger partial charge in [0.2, 0.25) is 5.91 Å². The van der Waals surface area contributed by atoms with Crippen LogP contribution < -0.4 is 5.32 Å². The molecule has 0 saturated carbocycles. The molecule has 1 saturated heterocycles. The SMILES string of the molecule is C[C@H](CCNC(=O)C[S@](=O)Cc1cnn(-c2ccccc2)c1-n1cccc1)N1CCCC1. The average molecular weight is 454 g/mol. The van der Waals surface area contributed by atoms with Gasteiger partial charge in [0, 0.05) is 41.3 Å². The van der Waals surface area contributed by atoms with Gasteiger partial charge in [0.05, 0.1) is 17.6 Å². The molecule has 1 fully saturated rings. The Morgan fingerprint density at radius 1 is 1.12 bits per heavy atom. The van der Waals surface area contributed by atoms with Crippen LogP contribution in [0.25, 0.3) is 11.5 Å². The Hall–Kier alpha value is -2.71. The van der Waals surface area contributed by atoms with Crippen molar-refractivity contribution < 1.29 is 9.00 Å². The number of hydrogen-bond acceptors (Lipinski definition) is 4. The van der Waals surface area contributed by atoms with Gasteiger partial charge in [-0.25, -0.2) is 4.68 Å². The minimum absolute atomic E-state index is 0.000267. The second kappa shape index (κ2) is 10.7. The summed E-state index contributed by atoms with van der Waals surface area (Å²) in [6.45, 7) is 5.14. The summed E-state index contributed by atoms with van der Waals surface area (Å²) in [7, 11) is -1.32. The third kappa shape index (κ3) is 5.55. The number of nitrogens with one attached hydrogen (secondary N) is 1. The summed E-state index contributed by atoms with van der Waals surface area (Å²) in [5.74, 6) is 0.960. The molecule has 1 aromatic carbocycles. The lowest BCUT2D eigenvalue weighted by Crippen LogP contribution is -2.35. The van der Waals surface area contributed by atoms with E-state index >= 15 is 0 Å². The molecule has 32 heavy (non-hydrogen) atoms. The minimum Gasteiger partial charge on any atom is -0.355 e. The standard InChI is InChI=1S/C24H31N5O2S/c1-20(27-13-5-6-14-27)11-12-25-23(30)19-32(31)18-21-17-26-29(22-9-3-2-4-10-22)24(21)28-15-7-8-16-28/h2-4,7-10,15-17,20H,5-6,11-14,18-19H2,1H3,(H,25,30)/t20-,32-/m1/s1. The number of aromatic nitrogens is 3. The molecule has 0 unspecified atom stereocenters. The predicted octanol–water partition coefficient (Wildman–Crippen LogP) is 2.90. The van der Waals surface area contributed by atoms with Crippen LogP contribution in [-0.2, 0) is 21.3 Å². The molecule has 2 atom stereocenters. The second-order valence-corrected chi connectivity index (χ2v) is 9.75. The van der Waals surface area contributed by atoms with Crippen LogP contribution in [-0.4, -0.2) is 60.8 Å². The van der Waals surface area contributed by atoms with Crippen molar-refractivity contribution in [1.29, 1.82) is 0 Å². The van der Waals surface area contributed by atoms with Gasteiger partial charge in [0.15, 0.2) is 0 Å². The van der Waals surface area contributed by atoms with Gasteiger partial charge >= 0.3 is 0 Å². The van der Waals surface area contributed by atoms with Crippen LogP contribution in [0.2, 0.25) is 0 Å². The van der Waals surface area contributed by atoms with Crippen LogP contribution in [0.5, 0.6) is 0 Å². The topological polar surface area (TPSA) is 72.2 Å².